The van der Waals surface area contributed by atoms with Crippen LogP contribution in [0.15, 0.2) is 36.4 Å². The van der Waals surface area contributed by atoms with Gasteiger partial charge in [0.25, 0.3) is 0 Å². The van der Waals surface area contributed by atoms with E-state index in [2.05, 4.69) is 21.4 Å². The van der Waals surface area contributed by atoms with E-state index < -0.39 is 8.26 Å². The van der Waals surface area contributed by atoms with Crippen molar-refractivity contribution in [1.82, 2.24) is 0 Å². The van der Waals surface area contributed by atoms with Gasteiger partial charge in [0, 0.05) is 32.5 Å². The van der Waals surface area contributed by atoms with Gasteiger partial charge in [0.05, 0.1) is 5.02 Å². The molecular formula is C15H11Cl3O3S. The SMILES string of the molecule is CCc1ccc2c(c1Cl)C(=O)c1ccccc1-2.O=S(=O)(Cl)Cl. The highest BCUT2D eigenvalue weighted by atomic mass is 36.0. The summed E-state index contributed by atoms with van der Waals surface area (Å²) < 4.78 is 18.3. The zero-order valence-electron chi connectivity index (χ0n) is 11.4. The summed E-state index contributed by atoms with van der Waals surface area (Å²) in [5.41, 5.74) is 4.43. The molecule has 0 amide bonds. The third-order valence-corrected chi connectivity index (χ3v) is 3.72. The molecule has 7 heteroatoms. The molecule has 1 aliphatic carbocycles. The summed E-state index contributed by atoms with van der Waals surface area (Å²) in [5.74, 6) is 0.0518. The lowest BCUT2D eigenvalue weighted by Gasteiger charge is -2.06. The van der Waals surface area contributed by atoms with Crippen LogP contribution in [0, 0.1) is 0 Å². The van der Waals surface area contributed by atoms with Crippen molar-refractivity contribution in [1.29, 1.82) is 0 Å². The molecule has 0 aliphatic heterocycles. The number of ketones is 1. The average molecular weight is 378 g/mol. The van der Waals surface area contributed by atoms with E-state index in [9.17, 15) is 4.79 Å². The Morgan fingerprint density at radius 2 is 1.50 bits per heavy atom. The maximum absolute atomic E-state index is 12.3. The summed E-state index contributed by atoms with van der Waals surface area (Å²) >= 11 is 6.32. The molecule has 0 heterocycles. The fourth-order valence-corrected chi connectivity index (χ4v) is 2.77. The number of rotatable bonds is 1. The Labute approximate surface area is 142 Å². The van der Waals surface area contributed by atoms with Crippen LogP contribution in [0.3, 0.4) is 0 Å². The van der Waals surface area contributed by atoms with E-state index in [1.54, 1.807) is 0 Å². The van der Waals surface area contributed by atoms with E-state index in [0.29, 0.717) is 10.6 Å². The molecule has 0 bridgehead atoms. The molecule has 0 atom stereocenters. The Bertz CT molecular complexity index is 837. The van der Waals surface area contributed by atoms with Gasteiger partial charge in [-0.25, -0.2) is 0 Å². The second kappa shape index (κ2) is 6.59. The van der Waals surface area contributed by atoms with E-state index >= 15 is 0 Å². The Balaban J connectivity index is 0.000000309. The Morgan fingerprint density at radius 3 is 2.05 bits per heavy atom. The molecule has 2 aromatic carbocycles. The Kier molecular flexibility index (Phi) is 5.17. The van der Waals surface area contributed by atoms with E-state index in [1.807, 2.05) is 43.3 Å². The molecule has 116 valence electrons. The van der Waals surface area contributed by atoms with Gasteiger partial charge in [0.2, 0.25) is 0 Å². The number of fused-ring (bicyclic) bond motifs is 3. The number of hydrogen-bond acceptors (Lipinski definition) is 3. The molecule has 2 aromatic rings. The quantitative estimate of drug-likeness (QED) is 0.571. The van der Waals surface area contributed by atoms with Gasteiger partial charge in [-0.3, -0.25) is 4.79 Å². The van der Waals surface area contributed by atoms with Gasteiger partial charge in [-0.15, -0.1) is 0 Å². The highest BCUT2D eigenvalue weighted by molar-refractivity contribution is 8.31. The van der Waals surface area contributed by atoms with Gasteiger partial charge in [-0.1, -0.05) is 54.9 Å². The van der Waals surface area contributed by atoms with E-state index in [1.165, 1.54) is 0 Å². The van der Waals surface area contributed by atoms with E-state index in [4.69, 9.17) is 20.0 Å². The van der Waals surface area contributed by atoms with Crippen LogP contribution >= 0.6 is 33.0 Å². The van der Waals surface area contributed by atoms with Crippen LogP contribution in [0.5, 0.6) is 0 Å². The van der Waals surface area contributed by atoms with Crippen molar-refractivity contribution < 1.29 is 13.2 Å². The molecule has 0 spiro atoms. The Morgan fingerprint density at radius 1 is 0.955 bits per heavy atom. The molecule has 0 fully saturated rings. The minimum atomic E-state index is -3.72. The second-order valence-corrected chi connectivity index (χ2v) is 8.61. The van der Waals surface area contributed by atoms with Crippen LogP contribution in [-0.2, 0) is 14.7 Å². The highest BCUT2D eigenvalue weighted by Gasteiger charge is 2.29. The van der Waals surface area contributed by atoms with Crippen molar-refractivity contribution in [2.75, 3.05) is 0 Å². The van der Waals surface area contributed by atoms with Crippen molar-refractivity contribution in [2.45, 2.75) is 13.3 Å². The number of benzene rings is 2. The van der Waals surface area contributed by atoms with Crippen molar-refractivity contribution >= 4 is 47.0 Å². The maximum Gasteiger partial charge on any atom is 0.317 e. The molecule has 0 saturated heterocycles. The minimum absolute atomic E-state index is 0.0518. The summed E-state index contributed by atoms with van der Waals surface area (Å²) in [5, 5.41) is 0.617. The first-order valence-electron chi connectivity index (χ1n) is 6.33. The molecule has 0 radical (unpaired) electrons. The third kappa shape index (κ3) is 3.63. The van der Waals surface area contributed by atoms with Crippen molar-refractivity contribution in [3.8, 4) is 11.1 Å². The molecule has 3 nitrogen and oxygen atoms in total. The topological polar surface area (TPSA) is 51.2 Å². The summed E-state index contributed by atoms with van der Waals surface area (Å²) in [6.45, 7) is 2.04. The monoisotopic (exact) mass is 376 g/mol. The number of aryl methyl sites for hydroxylation is 1. The van der Waals surface area contributed by atoms with Crippen LogP contribution in [-0.4, -0.2) is 14.2 Å². The predicted octanol–water partition coefficient (Wildman–Crippen LogP) is 4.82. The second-order valence-electron chi connectivity index (χ2n) is 4.57. The molecule has 0 saturated carbocycles. The maximum atomic E-state index is 12.3. The van der Waals surface area contributed by atoms with Crippen LogP contribution in [0.1, 0.15) is 28.4 Å². The van der Waals surface area contributed by atoms with Gasteiger partial charge in [-0.05, 0) is 23.1 Å². The third-order valence-electron chi connectivity index (χ3n) is 3.29. The lowest BCUT2D eigenvalue weighted by Crippen LogP contribution is -1.98. The summed E-state index contributed by atoms with van der Waals surface area (Å²) in [4.78, 5) is 12.3. The first kappa shape index (κ1) is 17.3. The average Bonchev–Trinajstić information content (AvgIpc) is 2.72. The van der Waals surface area contributed by atoms with E-state index in [-0.39, 0.29) is 5.78 Å². The molecule has 0 aromatic heterocycles. The van der Waals surface area contributed by atoms with Gasteiger partial charge in [0.1, 0.15) is 0 Å². The van der Waals surface area contributed by atoms with Gasteiger partial charge in [0.15, 0.2) is 5.78 Å². The summed E-state index contributed by atoms with van der Waals surface area (Å²) in [7, 11) is 4.81. The molecule has 3 rings (SSSR count). The first-order valence-corrected chi connectivity index (χ1v) is 9.85. The molecule has 0 unspecified atom stereocenters. The fraction of sp³-hybridized carbons (Fsp3) is 0.133. The van der Waals surface area contributed by atoms with Gasteiger partial charge < -0.3 is 0 Å². The summed E-state index contributed by atoms with van der Waals surface area (Å²) in [6.07, 6.45) is 0.843. The smallest absolute Gasteiger partial charge is 0.289 e. The van der Waals surface area contributed by atoms with Crippen molar-refractivity contribution in [3.63, 3.8) is 0 Å². The van der Waals surface area contributed by atoms with Crippen LogP contribution < -0.4 is 0 Å². The predicted molar refractivity (Wildman–Crippen MR) is 90.3 cm³/mol. The molecular weight excluding hydrogens is 367 g/mol. The van der Waals surface area contributed by atoms with Crippen LogP contribution in [0.4, 0.5) is 0 Å². The lowest BCUT2D eigenvalue weighted by atomic mass is 10.0. The van der Waals surface area contributed by atoms with Crippen molar-refractivity contribution in [2.24, 2.45) is 0 Å². The largest absolute Gasteiger partial charge is 0.317 e. The minimum Gasteiger partial charge on any atom is -0.289 e. The number of hydrogen-bond donors (Lipinski definition) is 0. The highest BCUT2D eigenvalue weighted by Crippen LogP contribution is 2.41. The Hall–Kier alpha value is -1.07. The van der Waals surface area contributed by atoms with E-state index in [0.717, 1.165) is 28.7 Å². The summed E-state index contributed by atoms with van der Waals surface area (Å²) in [6, 6.07) is 11.7. The number of carbonyl (C=O) groups excluding carboxylic acids is 1. The fourth-order valence-electron chi connectivity index (χ4n) is 2.39. The number of halogens is 3. The zero-order valence-corrected chi connectivity index (χ0v) is 14.5. The van der Waals surface area contributed by atoms with Gasteiger partial charge >= 0.3 is 8.26 Å². The lowest BCUT2D eigenvalue weighted by molar-refractivity contribution is 0.104. The van der Waals surface area contributed by atoms with Crippen LogP contribution in [0.2, 0.25) is 5.02 Å². The normalized spacial score (nSPS) is 12.3. The van der Waals surface area contributed by atoms with Crippen LogP contribution in [0.25, 0.3) is 11.1 Å². The standard InChI is InChI=1S/C15H11ClO.Cl2O2S/c1-2-9-7-8-11-10-5-3-4-6-12(10)15(17)13(11)14(9)16;1-5(2,3)4/h3-8H,2H2,1H3;. The van der Waals surface area contributed by atoms with Crippen molar-refractivity contribution in [3.05, 3.63) is 58.1 Å². The number of carbonyl (C=O) groups is 1. The zero-order chi connectivity index (χ0) is 16.5. The molecule has 1 aliphatic rings. The first-order chi connectivity index (χ1) is 10.2. The molecule has 0 N–H and O–H groups in total. The van der Waals surface area contributed by atoms with Gasteiger partial charge in [-0.2, -0.15) is 8.42 Å². The molecule has 22 heavy (non-hydrogen) atoms.